The number of fused-ring (bicyclic) bond motifs is 1. The Hall–Kier alpha value is -2.37. The maximum absolute atomic E-state index is 12.4. The van der Waals surface area contributed by atoms with Crippen molar-refractivity contribution in [2.75, 3.05) is 13.1 Å². The van der Waals surface area contributed by atoms with Gasteiger partial charge >= 0.3 is 18.3 Å². The SMILES string of the molecule is FC(F)(F)c1ccc(C2=NO[C@H]3CNC[C@@H]23)cn1.O=C(O)C(F)(F)F. The first kappa shape index (κ1) is 19.0. The fraction of sp³-hybridized carbons (Fsp3) is 0.462. The lowest BCUT2D eigenvalue weighted by Crippen LogP contribution is -2.22. The summed E-state index contributed by atoms with van der Waals surface area (Å²) in [6, 6.07) is 2.35. The summed E-state index contributed by atoms with van der Waals surface area (Å²) in [6.07, 6.45) is -8.31. The molecule has 25 heavy (non-hydrogen) atoms. The van der Waals surface area contributed by atoms with Crippen LogP contribution in [0.15, 0.2) is 23.5 Å². The molecule has 6 nitrogen and oxygen atoms in total. The third-order valence-corrected chi connectivity index (χ3v) is 3.39. The lowest BCUT2D eigenvalue weighted by atomic mass is 9.96. The van der Waals surface area contributed by atoms with E-state index < -0.39 is 24.0 Å². The zero-order chi connectivity index (χ0) is 18.8. The maximum Gasteiger partial charge on any atom is 0.490 e. The normalized spacial score (nSPS) is 22.4. The number of nitrogens with one attached hydrogen (secondary N) is 1. The Morgan fingerprint density at radius 3 is 2.32 bits per heavy atom. The Morgan fingerprint density at radius 2 is 1.84 bits per heavy atom. The highest BCUT2D eigenvalue weighted by molar-refractivity contribution is 6.03. The number of aliphatic carboxylic acids is 1. The Bertz CT molecular complexity index is 656. The number of halogens is 6. The summed E-state index contributed by atoms with van der Waals surface area (Å²) < 4.78 is 68.9. The van der Waals surface area contributed by atoms with Crippen molar-refractivity contribution < 1.29 is 41.1 Å². The Balaban J connectivity index is 0.000000277. The lowest BCUT2D eigenvalue weighted by Gasteiger charge is -2.09. The molecule has 3 heterocycles. The fourth-order valence-electron chi connectivity index (χ4n) is 2.21. The van der Waals surface area contributed by atoms with Gasteiger partial charge in [-0.15, -0.1) is 0 Å². The topological polar surface area (TPSA) is 83.8 Å². The molecule has 0 saturated carbocycles. The first-order chi connectivity index (χ1) is 11.5. The number of carbonyl (C=O) groups is 1. The molecule has 0 aliphatic carbocycles. The van der Waals surface area contributed by atoms with Crippen LogP contribution in [0.2, 0.25) is 0 Å². The van der Waals surface area contributed by atoms with Crippen molar-refractivity contribution in [2.45, 2.75) is 18.5 Å². The highest BCUT2D eigenvalue weighted by atomic mass is 19.4. The molecular weight excluding hydrogens is 360 g/mol. The number of carboxylic acid groups (broad SMARTS) is 1. The number of aromatic nitrogens is 1. The van der Waals surface area contributed by atoms with Crippen molar-refractivity contribution >= 4 is 11.7 Å². The second kappa shape index (κ2) is 6.86. The van der Waals surface area contributed by atoms with Gasteiger partial charge in [0, 0.05) is 24.8 Å². The first-order valence-corrected chi connectivity index (χ1v) is 6.78. The molecule has 1 fully saturated rings. The van der Waals surface area contributed by atoms with E-state index in [0.717, 1.165) is 12.6 Å². The summed E-state index contributed by atoms with van der Waals surface area (Å²) in [4.78, 5) is 17.5. The van der Waals surface area contributed by atoms with E-state index in [-0.39, 0.29) is 12.0 Å². The predicted molar refractivity (Wildman–Crippen MR) is 70.7 cm³/mol. The molecular formula is C13H11F6N3O3. The van der Waals surface area contributed by atoms with Gasteiger partial charge in [-0.25, -0.2) is 4.79 Å². The molecule has 1 aromatic rings. The molecule has 1 saturated heterocycles. The van der Waals surface area contributed by atoms with Crippen molar-refractivity contribution in [3.8, 4) is 0 Å². The summed E-state index contributed by atoms with van der Waals surface area (Å²) in [5.74, 6) is -2.66. The molecule has 0 unspecified atom stereocenters. The number of rotatable bonds is 1. The van der Waals surface area contributed by atoms with Crippen LogP contribution in [0.5, 0.6) is 0 Å². The molecule has 2 atom stereocenters. The summed E-state index contributed by atoms with van der Waals surface area (Å²) in [5, 5.41) is 14.2. The Labute approximate surface area is 136 Å². The number of hydrogen-bond donors (Lipinski definition) is 2. The molecule has 2 aliphatic heterocycles. The number of nitrogens with zero attached hydrogens (tertiary/aromatic N) is 2. The van der Waals surface area contributed by atoms with Gasteiger partial charge in [0.15, 0.2) is 0 Å². The van der Waals surface area contributed by atoms with Crippen LogP contribution in [-0.2, 0) is 15.8 Å². The quantitative estimate of drug-likeness (QED) is 0.739. The van der Waals surface area contributed by atoms with Crippen molar-refractivity contribution in [3.63, 3.8) is 0 Å². The smallest absolute Gasteiger partial charge is 0.475 e. The minimum atomic E-state index is -5.08. The zero-order valence-corrected chi connectivity index (χ0v) is 12.2. The van der Waals surface area contributed by atoms with Crippen molar-refractivity contribution in [1.82, 2.24) is 10.3 Å². The highest BCUT2D eigenvalue weighted by Gasteiger charge is 2.39. The molecule has 2 N–H and O–H groups in total. The van der Waals surface area contributed by atoms with Gasteiger partial charge in [0.1, 0.15) is 11.8 Å². The average molecular weight is 371 g/mol. The molecule has 3 rings (SSSR count). The van der Waals surface area contributed by atoms with E-state index >= 15 is 0 Å². The van der Waals surface area contributed by atoms with E-state index in [1.165, 1.54) is 12.3 Å². The zero-order valence-electron chi connectivity index (χ0n) is 12.2. The molecule has 138 valence electrons. The molecule has 0 spiro atoms. The third kappa shape index (κ3) is 4.59. The Morgan fingerprint density at radius 1 is 1.20 bits per heavy atom. The molecule has 12 heteroatoms. The van der Waals surface area contributed by atoms with Gasteiger partial charge in [0.2, 0.25) is 0 Å². The number of pyridine rings is 1. The van der Waals surface area contributed by atoms with E-state index in [0.29, 0.717) is 17.8 Å². The minimum absolute atomic E-state index is 0.0118. The molecule has 0 amide bonds. The van der Waals surface area contributed by atoms with Crippen molar-refractivity contribution in [1.29, 1.82) is 0 Å². The number of oxime groups is 1. The van der Waals surface area contributed by atoms with E-state index in [1.807, 2.05) is 0 Å². The molecule has 0 radical (unpaired) electrons. The maximum atomic E-state index is 12.4. The molecule has 0 aromatic carbocycles. The monoisotopic (exact) mass is 371 g/mol. The molecule has 0 bridgehead atoms. The lowest BCUT2D eigenvalue weighted by molar-refractivity contribution is -0.192. The largest absolute Gasteiger partial charge is 0.490 e. The third-order valence-electron chi connectivity index (χ3n) is 3.39. The van der Waals surface area contributed by atoms with Gasteiger partial charge in [-0.1, -0.05) is 5.16 Å². The summed E-state index contributed by atoms with van der Waals surface area (Å²) in [6.45, 7) is 1.44. The minimum Gasteiger partial charge on any atom is -0.475 e. The van der Waals surface area contributed by atoms with Crippen LogP contribution in [0.3, 0.4) is 0 Å². The van der Waals surface area contributed by atoms with Crippen LogP contribution < -0.4 is 5.32 Å². The van der Waals surface area contributed by atoms with Crippen LogP contribution in [-0.4, -0.2) is 47.1 Å². The van der Waals surface area contributed by atoms with E-state index in [1.54, 1.807) is 0 Å². The van der Waals surface area contributed by atoms with Gasteiger partial charge in [-0.2, -0.15) is 26.3 Å². The van der Waals surface area contributed by atoms with E-state index in [9.17, 15) is 26.3 Å². The van der Waals surface area contributed by atoms with Crippen LogP contribution in [0.4, 0.5) is 26.3 Å². The standard InChI is InChI=1S/C11H10F3N3O.C2HF3O2/c12-11(13,14)9-2-1-6(3-16-9)10-7-4-15-5-8(7)18-17-10;3-2(4,5)1(6)7/h1-3,7-8,15H,4-5H2;(H,6,7)/t7-,8+;/m1./s1. The van der Waals surface area contributed by atoms with Gasteiger partial charge in [-0.3, -0.25) is 4.98 Å². The van der Waals surface area contributed by atoms with Crippen LogP contribution >= 0.6 is 0 Å². The summed E-state index contributed by atoms with van der Waals surface area (Å²) in [5.41, 5.74) is 0.359. The first-order valence-electron chi connectivity index (χ1n) is 6.78. The second-order valence-corrected chi connectivity index (χ2v) is 5.12. The van der Waals surface area contributed by atoms with Crippen LogP contribution in [0.1, 0.15) is 11.3 Å². The summed E-state index contributed by atoms with van der Waals surface area (Å²) >= 11 is 0. The molecule has 1 aromatic heterocycles. The van der Waals surface area contributed by atoms with Gasteiger partial charge < -0.3 is 15.3 Å². The number of carboxylic acids is 1. The van der Waals surface area contributed by atoms with Crippen molar-refractivity contribution in [2.24, 2.45) is 11.1 Å². The second-order valence-electron chi connectivity index (χ2n) is 5.12. The van der Waals surface area contributed by atoms with Crippen LogP contribution in [0, 0.1) is 5.92 Å². The fourth-order valence-corrected chi connectivity index (χ4v) is 2.21. The van der Waals surface area contributed by atoms with Gasteiger partial charge in [-0.05, 0) is 12.1 Å². The molecule has 2 aliphatic rings. The van der Waals surface area contributed by atoms with Crippen LogP contribution in [0.25, 0.3) is 0 Å². The predicted octanol–water partition coefficient (Wildman–Crippen LogP) is 2.06. The van der Waals surface area contributed by atoms with Gasteiger partial charge in [0.25, 0.3) is 0 Å². The summed E-state index contributed by atoms with van der Waals surface area (Å²) in [7, 11) is 0. The van der Waals surface area contributed by atoms with E-state index in [2.05, 4.69) is 15.5 Å². The van der Waals surface area contributed by atoms with Gasteiger partial charge in [0.05, 0.1) is 11.6 Å². The number of hydrogen-bond acceptors (Lipinski definition) is 5. The van der Waals surface area contributed by atoms with Crippen molar-refractivity contribution in [3.05, 3.63) is 29.6 Å². The highest BCUT2D eigenvalue weighted by Crippen LogP contribution is 2.29. The Kier molecular flexibility index (Phi) is 5.20. The van der Waals surface area contributed by atoms with E-state index in [4.69, 9.17) is 14.7 Å². The average Bonchev–Trinajstić information content (AvgIpc) is 3.09. The number of alkyl halides is 6.